The van der Waals surface area contributed by atoms with Crippen molar-refractivity contribution in [2.45, 2.75) is 34.1 Å². The number of Topliss-reactive ketones (excluding diaryl/α,β-unsaturated/α-hetero) is 1. The highest BCUT2D eigenvalue weighted by Crippen LogP contribution is 2.31. The van der Waals surface area contributed by atoms with Gasteiger partial charge in [0.1, 0.15) is 51.9 Å². The summed E-state index contributed by atoms with van der Waals surface area (Å²) in [6, 6.07) is 5.99. The molecule has 0 unspecified atom stereocenters. The monoisotopic (exact) mass is 765 g/mol. The maximum Gasteiger partial charge on any atom is 0.575 e. The van der Waals surface area contributed by atoms with E-state index in [1.165, 1.54) is 32.2 Å². The van der Waals surface area contributed by atoms with Gasteiger partial charge in [0.25, 0.3) is 11.1 Å². The van der Waals surface area contributed by atoms with E-state index in [0.717, 1.165) is 39.5 Å². The molecule has 0 aliphatic carbocycles. The molecule has 13 nitrogen and oxygen atoms in total. The Morgan fingerprint density at radius 3 is 1.73 bits per heavy atom. The number of aromatic hydroxyl groups is 1. The van der Waals surface area contributed by atoms with Crippen LogP contribution in [0.3, 0.4) is 0 Å². The topological polar surface area (TPSA) is 188 Å². The Balaban J connectivity index is 0.000000323. The van der Waals surface area contributed by atoms with E-state index in [2.05, 4.69) is 42.2 Å². The molecule has 0 saturated heterocycles. The summed E-state index contributed by atoms with van der Waals surface area (Å²) in [4.78, 5) is 54.2. The maximum atomic E-state index is 13.0. The number of hydrogen-bond donors (Lipinski definition) is 2. The first kappa shape index (κ1) is 42.4. The fraction of sp³-hybridized carbons (Fsp3) is 0.207. The lowest BCUT2D eigenvalue weighted by atomic mass is 10.3. The molecule has 5 heterocycles. The highest BCUT2D eigenvalue weighted by atomic mass is 35.9. The van der Waals surface area contributed by atoms with Crippen LogP contribution in [0.1, 0.15) is 30.0 Å². The van der Waals surface area contributed by atoms with Crippen molar-refractivity contribution >= 4 is 69.5 Å². The number of pyridine rings is 3. The molecule has 49 heavy (non-hydrogen) atoms. The Labute approximate surface area is 291 Å². The number of ether oxygens (including phenoxy) is 1. The Bertz CT molecular complexity index is 1990. The van der Waals surface area contributed by atoms with E-state index in [9.17, 15) is 32.3 Å². The smallest absolute Gasteiger partial charge is 0.493 e. The summed E-state index contributed by atoms with van der Waals surface area (Å²) in [6.45, 7) is 4.42. The largest absolute Gasteiger partial charge is 0.575 e. The number of nitrogens with two attached hydrogens (primary N) is 1. The minimum absolute atomic E-state index is 0.115. The third-order valence-corrected chi connectivity index (χ3v) is 5.68. The molecule has 262 valence electrons. The maximum absolute atomic E-state index is 13.0. The van der Waals surface area contributed by atoms with E-state index < -0.39 is 29.7 Å². The molecule has 5 aromatic heterocycles. The number of aryl methyl sites for hydroxylation is 3. The van der Waals surface area contributed by atoms with E-state index >= 15 is 0 Å². The molecule has 0 amide bonds. The number of carbonyl (C=O) groups is 2. The number of fused-ring (bicyclic) bond motifs is 2. The lowest BCUT2D eigenvalue weighted by Crippen LogP contribution is -2.14. The van der Waals surface area contributed by atoms with Gasteiger partial charge in [0.15, 0.2) is 0 Å². The SMILES string of the molecule is COC(=O)CC(C)=O.Cc1cc(F)cn2c(=O)cc(Cl)nc12.Cc1cc(F)cn2c(=O)cc(O)nc12.Cc1cc(F)cnc1N.O=[P+](Cl)Cl. The van der Waals surface area contributed by atoms with Crippen molar-refractivity contribution in [1.29, 1.82) is 0 Å². The van der Waals surface area contributed by atoms with E-state index in [4.69, 9.17) is 27.0 Å². The summed E-state index contributed by atoms with van der Waals surface area (Å²) in [5, 5.41) is 9.20. The highest BCUT2D eigenvalue weighted by Gasteiger charge is 2.07. The van der Waals surface area contributed by atoms with Crippen molar-refractivity contribution in [3.63, 3.8) is 0 Å². The number of halogens is 6. The average Bonchev–Trinajstić information content (AvgIpc) is 2.97. The van der Waals surface area contributed by atoms with Crippen LogP contribution < -0.4 is 16.9 Å². The van der Waals surface area contributed by atoms with Crippen molar-refractivity contribution in [3.05, 3.63) is 109 Å². The normalized spacial score (nSPS) is 9.78. The zero-order chi connectivity index (χ0) is 37.6. The van der Waals surface area contributed by atoms with Crippen LogP contribution in [0, 0.1) is 38.2 Å². The fourth-order valence-corrected chi connectivity index (χ4v) is 3.61. The molecule has 0 atom stereocenters. The van der Waals surface area contributed by atoms with Gasteiger partial charge < -0.3 is 15.6 Å². The predicted molar refractivity (Wildman–Crippen MR) is 179 cm³/mol. The molecule has 5 aromatic rings. The lowest BCUT2D eigenvalue weighted by molar-refractivity contribution is -0.142. The molecule has 20 heteroatoms. The molecule has 0 aliphatic heterocycles. The highest BCUT2D eigenvalue weighted by molar-refractivity contribution is 7.95. The summed E-state index contributed by atoms with van der Waals surface area (Å²) in [5.74, 6) is -1.94. The minimum atomic E-state index is -1.93. The third-order valence-electron chi connectivity index (χ3n) is 5.48. The molecule has 0 aromatic carbocycles. The number of carbonyl (C=O) groups excluding carboxylic acids is 2. The van der Waals surface area contributed by atoms with Gasteiger partial charge in [-0.3, -0.25) is 28.0 Å². The van der Waals surface area contributed by atoms with E-state index in [1.54, 1.807) is 20.8 Å². The number of nitrogens with zero attached hydrogens (tertiary/aromatic N) is 5. The van der Waals surface area contributed by atoms with Gasteiger partial charge in [0, 0.05) is 18.5 Å². The number of anilines is 1. The molecule has 0 bridgehead atoms. The second-order valence-electron chi connectivity index (χ2n) is 9.45. The summed E-state index contributed by atoms with van der Waals surface area (Å²) < 4.78 is 53.6. The lowest BCUT2D eigenvalue weighted by Gasteiger charge is -2.03. The van der Waals surface area contributed by atoms with Crippen LogP contribution in [0.2, 0.25) is 5.15 Å². The first-order valence-electron chi connectivity index (χ1n) is 13.2. The summed E-state index contributed by atoms with van der Waals surface area (Å²) in [6.07, 6.45) is 3.12. The van der Waals surface area contributed by atoms with E-state index in [0.29, 0.717) is 28.2 Å². The van der Waals surface area contributed by atoms with Gasteiger partial charge in [0.2, 0.25) is 28.4 Å². The molecule has 0 radical (unpaired) electrons. The first-order valence-corrected chi connectivity index (χ1v) is 16.7. The standard InChI is InChI=1S/C9H6ClFN2O.C9H7FN2O2.C6H7FN2.C5H8O3.Cl2OP/c1-5-2-6(11)4-13-8(14)3-7(10)12-9(5)13;1-5-2-6(10)4-12-8(14)3-7(13)11-9(5)12;1-4-2-5(7)3-9-6(4)8;1-4(6)3-5(7)8-2;1-4(2)3/h2-4H,1H3;2-4,13H,1H3;2-3H,1H3,(H2,8,9);3H2,1-2H3;/q;;;;+1. The predicted octanol–water partition coefficient (Wildman–Crippen LogP) is 6.01. The fourth-order valence-electron chi connectivity index (χ4n) is 3.44. The Morgan fingerprint density at radius 1 is 0.878 bits per heavy atom. The van der Waals surface area contributed by atoms with Gasteiger partial charge in [-0.2, -0.15) is 4.98 Å². The van der Waals surface area contributed by atoms with Gasteiger partial charge in [0.05, 0.1) is 19.4 Å². The zero-order valence-corrected chi connectivity index (χ0v) is 29.4. The van der Waals surface area contributed by atoms with Crippen LogP contribution in [0.15, 0.2) is 58.5 Å². The average molecular weight is 767 g/mol. The summed E-state index contributed by atoms with van der Waals surface area (Å²) in [5.41, 5.74) is 6.81. The quantitative estimate of drug-likeness (QED) is 0.0926. The van der Waals surface area contributed by atoms with Crippen LogP contribution in [0.25, 0.3) is 11.3 Å². The van der Waals surface area contributed by atoms with Crippen LogP contribution >= 0.6 is 40.6 Å². The number of esters is 1. The van der Waals surface area contributed by atoms with Gasteiger partial charge in [-0.05, 0) is 67.1 Å². The zero-order valence-electron chi connectivity index (χ0n) is 26.3. The molecule has 0 saturated carbocycles. The van der Waals surface area contributed by atoms with Gasteiger partial charge in [-0.1, -0.05) is 11.6 Å². The number of aromatic nitrogens is 5. The number of hydrogen-bond acceptors (Lipinski definition) is 11. The summed E-state index contributed by atoms with van der Waals surface area (Å²) >= 11 is 14.7. The Morgan fingerprint density at radius 2 is 1.33 bits per heavy atom. The van der Waals surface area contributed by atoms with Crippen molar-refractivity contribution in [3.8, 4) is 5.88 Å². The molecule has 0 spiro atoms. The second-order valence-corrected chi connectivity index (χ2v) is 12.6. The third kappa shape index (κ3) is 15.0. The van der Waals surface area contributed by atoms with Crippen LogP contribution in [0.5, 0.6) is 5.88 Å². The molecule has 0 aliphatic rings. The first-order chi connectivity index (χ1) is 22.7. The van der Waals surface area contributed by atoms with Crippen molar-refractivity contribution in [2.75, 3.05) is 12.8 Å². The van der Waals surface area contributed by atoms with Crippen molar-refractivity contribution in [1.82, 2.24) is 23.8 Å². The van der Waals surface area contributed by atoms with Crippen molar-refractivity contribution in [2.24, 2.45) is 0 Å². The number of methoxy groups -OCH3 is 1. The van der Waals surface area contributed by atoms with E-state index in [-0.39, 0.29) is 40.3 Å². The Hall–Kier alpha value is -4.63. The number of ketones is 1. The number of rotatable bonds is 2. The molecule has 3 N–H and O–H groups in total. The molecular weight excluding hydrogens is 739 g/mol. The summed E-state index contributed by atoms with van der Waals surface area (Å²) in [7, 11) is 1.26. The van der Waals surface area contributed by atoms with E-state index in [1.807, 2.05) is 0 Å². The molecular formula is C29H28Cl3F3N6O7P+. The molecule has 0 fully saturated rings. The van der Waals surface area contributed by atoms with Crippen LogP contribution in [-0.4, -0.2) is 47.7 Å². The Kier molecular flexibility index (Phi) is 17.3. The van der Waals surface area contributed by atoms with Gasteiger partial charge >= 0.3 is 12.5 Å². The second kappa shape index (κ2) is 20.0. The minimum Gasteiger partial charge on any atom is -0.493 e. The molecule has 5 rings (SSSR count). The van der Waals surface area contributed by atoms with Gasteiger partial charge in [-0.25, -0.2) is 23.1 Å². The van der Waals surface area contributed by atoms with Gasteiger partial charge in [-0.15, -0.1) is 0 Å². The number of nitrogen functional groups attached to an aromatic ring is 1. The van der Waals surface area contributed by atoms with Crippen LogP contribution in [0.4, 0.5) is 19.0 Å². The van der Waals surface area contributed by atoms with Crippen molar-refractivity contribution < 1.29 is 37.2 Å². The van der Waals surface area contributed by atoms with Crippen LogP contribution in [-0.2, 0) is 18.9 Å².